The second-order valence-electron chi connectivity index (χ2n) is 5.70. The van der Waals surface area contributed by atoms with Gasteiger partial charge in [-0.3, -0.25) is 4.90 Å². The Morgan fingerprint density at radius 3 is 2.27 bits per heavy atom. The number of sulfonamides is 1. The highest BCUT2D eigenvalue weighted by molar-refractivity contribution is 7.89. The van der Waals surface area contributed by atoms with E-state index in [0.717, 1.165) is 13.1 Å². The van der Waals surface area contributed by atoms with Gasteiger partial charge in [0.2, 0.25) is 10.0 Å². The summed E-state index contributed by atoms with van der Waals surface area (Å²) in [7, 11) is -1.23. The first-order valence-corrected chi connectivity index (χ1v) is 7.03. The van der Waals surface area contributed by atoms with Gasteiger partial charge in [-0.1, -0.05) is 0 Å². The van der Waals surface area contributed by atoms with Crippen LogP contribution in [0.1, 0.15) is 20.8 Å². The molecule has 0 radical (unpaired) electrons. The summed E-state index contributed by atoms with van der Waals surface area (Å²) in [6.07, 6.45) is 0. The molecule has 0 amide bonds. The Labute approximate surface area is 92.3 Å². The molecule has 0 aromatic carbocycles. The van der Waals surface area contributed by atoms with Crippen LogP contribution < -0.4 is 0 Å². The average Bonchev–Trinajstić information content (AvgIpc) is 2.51. The van der Waals surface area contributed by atoms with Crippen molar-refractivity contribution in [3.8, 4) is 0 Å². The Morgan fingerprint density at radius 1 is 1.20 bits per heavy atom. The third kappa shape index (κ3) is 1.81. The van der Waals surface area contributed by atoms with E-state index in [-0.39, 0.29) is 11.6 Å². The van der Waals surface area contributed by atoms with Crippen LogP contribution >= 0.6 is 0 Å². The molecule has 2 aliphatic rings. The minimum atomic E-state index is -2.95. The van der Waals surface area contributed by atoms with Gasteiger partial charge in [0.15, 0.2) is 0 Å². The zero-order valence-electron chi connectivity index (χ0n) is 9.90. The maximum Gasteiger partial charge on any atom is 0.214 e. The highest BCUT2D eigenvalue weighted by Crippen LogP contribution is 2.34. The van der Waals surface area contributed by atoms with Crippen molar-refractivity contribution >= 4 is 10.0 Å². The van der Waals surface area contributed by atoms with Crippen LogP contribution in [-0.2, 0) is 10.0 Å². The summed E-state index contributed by atoms with van der Waals surface area (Å²) in [4.78, 5) is 2.38. The highest BCUT2D eigenvalue weighted by Gasteiger charge is 2.49. The van der Waals surface area contributed by atoms with E-state index in [2.05, 4.69) is 25.7 Å². The molecule has 0 N–H and O–H groups in total. The third-order valence-corrected chi connectivity index (χ3v) is 5.68. The van der Waals surface area contributed by atoms with Crippen molar-refractivity contribution < 1.29 is 8.42 Å². The Morgan fingerprint density at radius 2 is 1.80 bits per heavy atom. The van der Waals surface area contributed by atoms with E-state index in [1.165, 1.54) is 0 Å². The van der Waals surface area contributed by atoms with Gasteiger partial charge in [0.25, 0.3) is 0 Å². The summed E-state index contributed by atoms with van der Waals surface area (Å²) in [5.41, 5.74) is 0.148. The van der Waals surface area contributed by atoms with Gasteiger partial charge in [-0.2, -0.15) is 0 Å². The molecule has 5 heteroatoms. The lowest BCUT2D eigenvalue weighted by molar-refractivity contribution is 0.162. The molecule has 4 nitrogen and oxygen atoms in total. The first-order chi connectivity index (χ1) is 6.72. The second-order valence-corrected chi connectivity index (χ2v) is 7.77. The molecule has 2 unspecified atom stereocenters. The summed E-state index contributed by atoms with van der Waals surface area (Å²) in [6.45, 7) is 8.34. The van der Waals surface area contributed by atoms with Gasteiger partial charge in [-0.15, -0.1) is 0 Å². The van der Waals surface area contributed by atoms with Crippen LogP contribution in [0.5, 0.6) is 0 Å². The van der Waals surface area contributed by atoms with Crippen LogP contribution in [0.4, 0.5) is 0 Å². The van der Waals surface area contributed by atoms with Gasteiger partial charge in [0.1, 0.15) is 0 Å². The normalized spacial score (nSPS) is 37.1. The second kappa shape index (κ2) is 3.18. The molecule has 2 aliphatic heterocycles. The predicted octanol–water partition coefficient (Wildman–Crippen LogP) is 0.360. The molecular weight excluding hydrogens is 212 g/mol. The van der Waals surface area contributed by atoms with Gasteiger partial charge in [0.05, 0.1) is 5.75 Å². The third-order valence-electron chi connectivity index (χ3n) is 3.69. The minimum Gasteiger partial charge on any atom is -0.297 e. The molecule has 0 bridgehead atoms. The molecule has 0 spiro atoms. The number of fused-ring (bicyclic) bond motifs is 1. The fourth-order valence-electron chi connectivity index (χ4n) is 2.57. The number of nitrogens with zero attached hydrogens (tertiary/aromatic N) is 2. The monoisotopic (exact) mass is 232 g/mol. The Balaban J connectivity index is 2.16. The van der Waals surface area contributed by atoms with Gasteiger partial charge in [-0.25, -0.2) is 12.7 Å². The first kappa shape index (κ1) is 11.4. The molecule has 0 aromatic heterocycles. The van der Waals surface area contributed by atoms with Crippen LogP contribution in [0.2, 0.25) is 0 Å². The van der Waals surface area contributed by atoms with E-state index in [9.17, 15) is 8.42 Å². The maximum atomic E-state index is 11.6. The Kier molecular flexibility index (Phi) is 2.41. The van der Waals surface area contributed by atoms with Crippen molar-refractivity contribution in [2.75, 3.05) is 25.9 Å². The largest absolute Gasteiger partial charge is 0.297 e. The highest BCUT2D eigenvalue weighted by atomic mass is 32.2. The lowest BCUT2D eigenvalue weighted by Gasteiger charge is -2.32. The average molecular weight is 232 g/mol. The van der Waals surface area contributed by atoms with Crippen molar-refractivity contribution in [3.63, 3.8) is 0 Å². The van der Waals surface area contributed by atoms with Crippen molar-refractivity contribution in [1.29, 1.82) is 0 Å². The first-order valence-electron chi connectivity index (χ1n) is 5.42. The number of rotatable bonds is 0. The van der Waals surface area contributed by atoms with E-state index in [0.29, 0.717) is 11.7 Å². The van der Waals surface area contributed by atoms with Crippen molar-refractivity contribution in [2.24, 2.45) is 5.92 Å². The van der Waals surface area contributed by atoms with Crippen LogP contribution in [0.25, 0.3) is 0 Å². The molecule has 88 valence electrons. The quantitative estimate of drug-likeness (QED) is 0.605. The van der Waals surface area contributed by atoms with Crippen molar-refractivity contribution in [3.05, 3.63) is 0 Å². The Bertz CT molecular complexity index is 358. The van der Waals surface area contributed by atoms with Crippen molar-refractivity contribution in [1.82, 2.24) is 9.21 Å². The topological polar surface area (TPSA) is 40.6 Å². The molecule has 0 saturated carbocycles. The Hall–Kier alpha value is -0.130. The van der Waals surface area contributed by atoms with Gasteiger partial charge < -0.3 is 0 Å². The van der Waals surface area contributed by atoms with Crippen LogP contribution in [0.3, 0.4) is 0 Å². The molecule has 2 saturated heterocycles. The molecule has 2 heterocycles. The van der Waals surface area contributed by atoms with E-state index in [1.54, 1.807) is 11.4 Å². The summed E-state index contributed by atoms with van der Waals surface area (Å²) < 4.78 is 24.9. The van der Waals surface area contributed by atoms with Gasteiger partial charge in [-0.05, 0) is 20.8 Å². The summed E-state index contributed by atoms with van der Waals surface area (Å²) in [5.74, 6) is 0.639. The SMILES string of the molecule is CN1C2CN(C(C)(C)C)CC2CS1(=O)=O. The van der Waals surface area contributed by atoms with E-state index in [1.807, 2.05) is 0 Å². The van der Waals surface area contributed by atoms with Gasteiger partial charge in [0, 0.05) is 37.6 Å². The van der Waals surface area contributed by atoms with E-state index >= 15 is 0 Å². The van der Waals surface area contributed by atoms with E-state index < -0.39 is 10.0 Å². The zero-order chi connectivity index (χ0) is 11.4. The molecule has 0 aliphatic carbocycles. The maximum absolute atomic E-state index is 11.6. The van der Waals surface area contributed by atoms with Crippen LogP contribution in [0.15, 0.2) is 0 Å². The lowest BCUT2D eigenvalue weighted by atomic mass is 10.1. The number of likely N-dealkylation sites (N-methyl/N-ethyl adjacent to an activating group) is 1. The fraction of sp³-hybridized carbons (Fsp3) is 1.00. The predicted molar refractivity (Wildman–Crippen MR) is 60.2 cm³/mol. The summed E-state index contributed by atoms with van der Waals surface area (Å²) >= 11 is 0. The smallest absolute Gasteiger partial charge is 0.214 e. The fourth-order valence-corrected chi connectivity index (χ4v) is 4.33. The van der Waals surface area contributed by atoms with Gasteiger partial charge >= 0.3 is 0 Å². The molecule has 0 aromatic rings. The standard InChI is InChI=1S/C10H20N2O2S/c1-10(2,3)12-5-8-7-15(13,14)11(4)9(8)6-12/h8-9H,5-7H2,1-4H3. The summed E-state index contributed by atoms with van der Waals surface area (Å²) in [6, 6.07) is 0.203. The van der Waals surface area contributed by atoms with Crippen LogP contribution in [-0.4, -0.2) is 55.1 Å². The molecular formula is C10H20N2O2S. The molecule has 2 fully saturated rings. The van der Waals surface area contributed by atoms with E-state index in [4.69, 9.17) is 0 Å². The van der Waals surface area contributed by atoms with Crippen LogP contribution in [0, 0.1) is 5.92 Å². The number of hydrogen-bond acceptors (Lipinski definition) is 3. The lowest BCUT2D eigenvalue weighted by Crippen LogP contribution is -2.43. The minimum absolute atomic E-state index is 0.148. The number of likely N-dealkylation sites (tertiary alicyclic amines) is 1. The molecule has 2 rings (SSSR count). The van der Waals surface area contributed by atoms with Crippen molar-refractivity contribution in [2.45, 2.75) is 32.4 Å². The molecule has 15 heavy (non-hydrogen) atoms. The summed E-state index contributed by atoms with van der Waals surface area (Å²) in [5, 5.41) is 0. The zero-order valence-corrected chi connectivity index (χ0v) is 10.7. The molecule has 2 atom stereocenters. The number of hydrogen-bond donors (Lipinski definition) is 0.